The van der Waals surface area contributed by atoms with Crippen molar-refractivity contribution in [3.05, 3.63) is 47.3 Å². The minimum absolute atomic E-state index is 0.152. The molecule has 1 heterocycles. The number of aliphatic hydroxyl groups is 1. The number of benzene rings is 1. The highest BCUT2D eigenvalue weighted by atomic mass is 19.1. The van der Waals surface area contributed by atoms with Crippen LogP contribution in [0.5, 0.6) is 0 Å². The number of halogens is 2. The van der Waals surface area contributed by atoms with Crippen molar-refractivity contribution in [2.75, 3.05) is 0 Å². The zero-order chi connectivity index (χ0) is 11.5. The van der Waals surface area contributed by atoms with Crippen LogP contribution in [0.3, 0.4) is 0 Å². The summed E-state index contributed by atoms with van der Waals surface area (Å²) in [4.78, 5) is 0. The first-order valence-electron chi connectivity index (χ1n) is 4.63. The van der Waals surface area contributed by atoms with Crippen LogP contribution in [0.25, 0.3) is 0 Å². The van der Waals surface area contributed by atoms with Crippen molar-refractivity contribution in [3.8, 4) is 0 Å². The van der Waals surface area contributed by atoms with Gasteiger partial charge in [0, 0.05) is 11.6 Å². The summed E-state index contributed by atoms with van der Waals surface area (Å²) in [5.41, 5.74) is 0.721. The molecule has 1 N–H and O–H groups in total. The van der Waals surface area contributed by atoms with Crippen LogP contribution in [0, 0.1) is 11.6 Å². The third-order valence-corrected chi connectivity index (χ3v) is 2.10. The first-order valence-corrected chi connectivity index (χ1v) is 4.63. The third kappa shape index (κ3) is 2.22. The molecule has 0 bridgehead atoms. The van der Waals surface area contributed by atoms with E-state index in [9.17, 15) is 8.78 Å². The molecule has 84 valence electrons. The second kappa shape index (κ2) is 4.36. The number of rotatable bonds is 3. The van der Waals surface area contributed by atoms with E-state index in [-0.39, 0.29) is 13.2 Å². The number of aliphatic hydroxyl groups excluding tert-OH is 1. The number of nitrogens with zero attached hydrogens (tertiary/aromatic N) is 3. The summed E-state index contributed by atoms with van der Waals surface area (Å²) in [6.45, 7) is -0.0645. The van der Waals surface area contributed by atoms with Crippen LogP contribution in [0.2, 0.25) is 0 Å². The fraction of sp³-hybridized carbons (Fsp3) is 0.200. The molecule has 0 radical (unpaired) electrons. The minimum atomic E-state index is -0.624. The predicted octanol–water partition coefficient (Wildman–Crippen LogP) is 1.10. The Morgan fingerprint density at radius 2 is 2.12 bits per heavy atom. The summed E-state index contributed by atoms with van der Waals surface area (Å²) in [6.07, 6.45) is 1.50. The molecule has 0 saturated carbocycles. The summed E-state index contributed by atoms with van der Waals surface area (Å²) in [5.74, 6) is -1.24. The first-order chi connectivity index (χ1) is 7.69. The maximum atomic E-state index is 13.3. The molecule has 4 nitrogen and oxygen atoms in total. The summed E-state index contributed by atoms with van der Waals surface area (Å²) < 4.78 is 27.3. The van der Waals surface area contributed by atoms with Crippen molar-refractivity contribution in [2.45, 2.75) is 13.2 Å². The predicted molar refractivity (Wildman–Crippen MR) is 51.4 cm³/mol. The van der Waals surface area contributed by atoms with Crippen molar-refractivity contribution in [1.82, 2.24) is 15.0 Å². The SMILES string of the molecule is OCc1cn(Cc2ccc(F)cc2F)nn1. The molecular formula is C10H9F2N3O. The van der Waals surface area contributed by atoms with Crippen LogP contribution in [-0.2, 0) is 13.2 Å². The van der Waals surface area contributed by atoms with E-state index in [1.54, 1.807) is 0 Å². The standard InChI is InChI=1S/C10H9F2N3O/c11-8-2-1-7(10(12)3-8)4-15-5-9(6-16)13-14-15/h1-3,5,16H,4,6H2. The fourth-order valence-electron chi connectivity index (χ4n) is 1.31. The van der Waals surface area contributed by atoms with Gasteiger partial charge in [-0.25, -0.2) is 13.5 Å². The highest BCUT2D eigenvalue weighted by Gasteiger charge is 2.06. The molecule has 6 heteroatoms. The van der Waals surface area contributed by atoms with E-state index in [2.05, 4.69) is 10.3 Å². The number of hydrogen-bond donors (Lipinski definition) is 1. The van der Waals surface area contributed by atoms with E-state index in [1.165, 1.54) is 23.0 Å². The average Bonchev–Trinajstić information content (AvgIpc) is 2.70. The Bertz CT molecular complexity index is 499. The van der Waals surface area contributed by atoms with Gasteiger partial charge in [0.15, 0.2) is 0 Å². The molecule has 0 aliphatic rings. The molecule has 0 atom stereocenters. The zero-order valence-electron chi connectivity index (χ0n) is 8.27. The van der Waals surface area contributed by atoms with Crippen LogP contribution in [-0.4, -0.2) is 20.1 Å². The number of aromatic nitrogens is 3. The molecule has 0 aliphatic carbocycles. The molecule has 0 spiro atoms. The Hall–Kier alpha value is -1.82. The van der Waals surface area contributed by atoms with Crippen molar-refractivity contribution in [1.29, 1.82) is 0 Å². The molecule has 16 heavy (non-hydrogen) atoms. The largest absolute Gasteiger partial charge is 0.390 e. The lowest BCUT2D eigenvalue weighted by atomic mass is 10.2. The average molecular weight is 225 g/mol. The smallest absolute Gasteiger partial charge is 0.131 e. The Morgan fingerprint density at radius 1 is 1.31 bits per heavy atom. The number of hydrogen-bond acceptors (Lipinski definition) is 3. The summed E-state index contributed by atoms with van der Waals surface area (Å²) in [6, 6.07) is 3.35. The topological polar surface area (TPSA) is 50.9 Å². The van der Waals surface area contributed by atoms with E-state index in [0.717, 1.165) is 6.07 Å². The van der Waals surface area contributed by atoms with Gasteiger partial charge in [0.2, 0.25) is 0 Å². The molecular weight excluding hydrogens is 216 g/mol. The lowest BCUT2D eigenvalue weighted by Crippen LogP contribution is -2.03. The van der Waals surface area contributed by atoms with Gasteiger partial charge < -0.3 is 5.11 Å². The van der Waals surface area contributed by atoms with Gasteiger partial charge in [-0.05, 0) is 6.07 Å². The Morgan fingerprint density at radius 3 is 2.75 bits per heavy atom. The van der Waals surface area contributed by atoms with E-state index in [4.69, 9.17) is 5.11 Å². The Balaban J connectivity index is 2.20. The van der Waals surface area contributed by atoms with Crippen LogP contribution in [0.1, 0.15) is 11.3 Å². The second-order valence-corrected chi connectivity index (χ2v) is 3.30. The summed E-state index contributed by atoms with van der Waals surface area (Å²) in [7, 11) is 0. The van der Waals surface area contributed by atoms with Gasteiger partial charge >= 0.3 is 0 Å². The van der Waals surface area contributed by atoms with Crippen LogP contribution >= 0.6 is 0 Å². The van der Waals surface area contributed by atoms with E-state index < -0.39 is 11.6 Å². The summed E-state index contributed by atoms with van der Waals surface area (Å²) >= 11 is 0. The molecule has 0 unspecified atom stereocenters. The van der Waals surface area contributed by atoms with Gasteiger partial charge in [-0.1, -0.05) is 11.3 Å². The molecule has 0 amide bonds. The zero-order valence-corrected chi connectivity index (χ0v) is 8.27. The lowest BCUT2D eigenvalue weighted by molar-refractivity contribution is 0.276. The van der Waals surface area contributed by atoms with Gasteiger partial charge in [-0.15, -0.1) is 5.10 Å². The van der Waals surface area contributed by atoms with Crippen LogP contribution in [0.15, 0.2) is 24.4 Å². The Labute approximate surface area is 90.1 Å². The molecule has 0 saturated heterocycles. The van der Waals surface area contributed by atoms with Gasteiger partial charge in [0.25, 0.3) is 0 Å². The van der Waals surface area contributed by atoms with Gasteiger partial charge in [-0.2, -0.15) is 0 Å². The van der Waals surface area contributed by atoms with Gasteiger partial charge in [0.1, 0.15) is 17.3 Å². The molecule has 0 fully saturated rings. The molecule has 1 aromatic heterocycles. The highest BCUT2D eigenvalue weighted by Crippen LogP contribution is 2.10. The molecule has 1 aromatic carbocycles. The van der Waals surface area contributed by atoms with Crippen molar-refractivity contribution in [3.63, 3.8) is 0 Å². The van der Waals surface area contributed by atoms with E-state index in [1.807, 2.05) is 0 Å². The molecule has 2 rings (SSSR count). The Kier molecular flexibility index (Phi) is 2.91. The van der Waals surface area contributed by atoms with Gasteiger partial charge in [0.05, 0.1) is 19.3 Å². The second-order valence-electron chi connectivity index (χ2n) is 3.30. The quantitative estimate of drug-likeness (QED) is 0.850. The summed E-state index contributed by atoms with van der Waals surface area (Å²) in [5, 5.41) is 16.1. The van der Waals surface area contributed by atoms with Crippen molar-refractivity contribution < 1.29 is 13.9 Å². The fourth-order valence-corrected chi connectivity index (χ4v) is 1.31. The third-order valence-electron chi connectivity index (χ3n) is 2.10. The lowest BCUT2D eigenvalue weighted by Gasteiger charge is -2.02. The normalized spacial score (nSPS) is 10.7. The van der Waals surface area contributed by atoms with E-state index >= 15 is 0 Å². The van der Waals surface area contributed by atoms with Crippen molar-refractivity contribution in [2.24, 2.45) is 0 Å². The molecule has 2 aromatic rings. The minimum Gasteiger partial charge on any atom is -0.390 e. The van der Waals surface area contributed by atoms with Crippen LogP contribution < -0.4 is 0 Å². The van der Waals surface area contributed by atoms with Crippen LogP contribution in [0.4, 0.5) is 8.78 Å². The first kappa shape index (κ1) is 10.7. The van der Waals surface area contributed by atoms with Gasteiger partial charge in [-0.3, -0.25) is 0 Å². The van der Waals surface area contributed by atoms with E-state index in [0.29, 0.717) is 11.3 Å². The highest BCUT2D eigenvalue weighted by molar-refractivity contribution is 5.18. The maximum absolute atomic E-state index is 13.3. The van der Waals surface area contributed by atoms with Crippen molar-refractivity contribution >= 4 is 0 Å². The monoisotopic (exact) mass is 225 g/mol. The molecule has 0 aliphatic heterocycles. The maximum Gasteiger partial charge on any atom is 0.131 e.